The zero-order valence-corrected chi connectivity index (χ0v) is 20.8. The highest BCUT2D eigenvalue weighted by molar-refractivity contribution is 6.04. The predicted octanol–water partition coefficient (Wildman–Crippen LogP) is 7.20. The summed E-state index contributed by atoms with van der Waals surface area (Å²) < 4.78 is 41.0. The van der Waals surface area contributed by atoms with Gasteiger partial charge in [-0.15, -0.1) is 0 Å². The number of benzene rings is 2. The quantitative estimate of drug-likeness (QED) is 0.272. The second-order valence-corrected chi connectivity index (χ2v) is 9.65. The fourth-order valence-corrected chi connectivity index (χ4v) is 4.94. The molecule has 0 radical (unpaired) electrons. The van der Waals surface area contributed by atoms with Gasteiger partial charge in [0.1, 0.15) is 11.5 Å². The predicted molar refractivity (Wildman–Crippen MR) is 143 cm³/mol. The van der Waals surface area contributed by atoms with Gasteiger partial charge in [-0.3, -0.25) is 4.79 Å². The Kier molecular flexibility index (Phi) is 7.49. The zero-order chi connectivity index (χ0) is 26.5. The SMILES string of the molecule is O=C(Nc1ccc(N2CCC(CCc3ccccc3)CC2)nc1)c1[nH]c(-c2ccccc2)cc1C(F)(F)F. The number of piperidine rings is 1. The summed E-state index contributed by atoms with van der Waals surface area (Å²) in [5.74, 6) is 0.606. The minimum Gasteiger partial charge on any atom is -0.357 e. The Morgan fingerprint density at radius 1 is 0.974 bits per heavy atom. The third-order valence-electron chi connectivity index (χ3n) is 7.06. The number of hydrogen-bond acceptors (Lipinski definition) is 3. The molecule has 0 unspecified atom stereocenters. The molecule has 1 saturated heterocycles. The van der Waals surface area contributed by atoms with E-state index in [1.165, 1.54) is 18.2 Å². The summed E-state index contributed by atoms with van der Waals surface area (Å²) in [7, 11) is 0. The molecule has 8 heteroatoms. The molecule has 4 aromatic rings. The van der Waals surface area contributed by atoms with Crippen molar-refractivity contribution in [2.24, 2.45) is 5.92 Å². The minimum atomic E-state index is -4.68. The summed E-state index contributed by atoms with van der Waals surface area (Å²) in [6.45, 7) is 1.80. The van der Waals surface area contributed by atoms with Crippen LogP contribution in [-0.4, -0.2) is 29.0 Å². The van der Waals surface area contributed by atoms with E-state index in [0.29, 0.717) is 17.2 Å². The number of aryl methyl sites for hydroxylation is 1. The van der Waals surface area contributed by atoms with Crippen LogP contribution in [0.4, 0.5) is 24.7 Å². The van der Waals surface area contributed by atoms with Crippen LogP contribution in [0.2, 0.25) is 0 Å². The molecule has 5 rings (SSSR count). The highest BCUT2D eigenvalue weighted by Crippen LogP contribution is 2.35. The summed E-state index contributed by atoms with van der Waals surface area (Å²) in [4.78, 5) is 22.2. The second-order valence-electron chi connectivity index (χ2n) is 9.65. The van der Waals surface area contributed by atoms with Crippen molar-refractivity contribution in [2.45, 2.75) is 31.9 Å². The molecule has 5 nitrogen and oxygen atoms in total. The van der Waals surface area contributed by atoms with Gasteiger partial charge in [0, 0.05) is 18.8 Å². The van der Waals surface area contributed by atoms with Gasteiger partial charge in [-0.25, -0.2) is 4.98 Å². The van der Waals surface area contributed by atoms with E-state index in [0.717, 1.165) is 44.2 Å². The van der Waals surface area contributed by atoms with E-state index < -0.39 is 23.3 Å². The fourth-order valence-electron chi connectivity index (χ4n) is 4.94. The van der Waals surface area contributed by atoms with Gasteiger partial charge in [0.15, 0.2) is 0 Å². The normalized spacial score (nSPS) is 14.4. The molecule has 196 valence electrons. The number of anilines is 2. The average Bonchev–Trinajstić information content (AvgIpc) is 3.41. The number of amides is 1. The zero-order valence-electron chi connectivity index (χ0n) is 20.8. The van der Waals surface area contributed by atoms with E-state index in [-0.39, 0.29) is 5.69 Å². The van der Waals surface area contributed by atoms with Gasteiger partial charge in [0.25, 0.3) is 5.91 Å². The van der Waals surface area contributed by atoms with Crippen LogP contribution in [0.15, 0.2) is 85.1 Å². The first-order valence-corrected chi connectivity index (χ1v) is 12.8. The molecule has 38 heavy (non-hydrogen) atoms. The molecule has 1 aliphatic heterocycles. The summed E-state index contributed by atoms with van der Waals surface area (Å²) in [6.07, 6.45) is 1.24. The van der Waals surface area contributed by atoms with Crippen LogP contribution in [0.25, 0.3) is 11.3 Å². The number of alkyl halides is 3. The lowest BCUT2D eigenvalue weighted by molar-refractivity contribution is -0.137. The number of carbonyl (C=O) groups excluding carboxylic acids is 1. The van der Waals surface area contributed by atoms with Crippen molar-refractivity contribution in [1.82, 2.24) is 9.97 Å². The lowest BCUT2D eigenvalue weighted by Crippen LogP contribution is -2.34. The van der Waals surface area contributed by atoms with E-state index in [2.05, 4.69) is 44.5 Å². The molecule has 1 fully saturated rings. The Balaban J connectivity index is 1.20. The second kappa shape index (κ2) is 11.1. The summed E-state index contributed by atoms with van der Waals surface area (Å²) in [6, 6.07) is 23.6. The molecule has 3 heterocycles. The van der Waals surface area contributed by atoms with E-state index >= 15 is 0 Å². The van der Waals surface area contributed by atoms with Crippen LogP contribution in [0.3, 0.4) is 0 Å². The molecule has 1 amide bonds. The number of halogens is 3. The summed E-state index contributed by atoms with van der Waals surface area (Å²) in [5, 5.41) is 2.55. The standard InChI is InChI=1S/C30H29F3N4O/c31-30(32,33)25-19-26(23-9-5-2-6-10-23)36-28(25)29(38)35-24-13-14-27(34-20-24)37-17-15-22(16-18-37)12-11-21-7-3-1-4-8-21/h1-10,13-14,19-20,22,36H,11-12,15-18H2,(H,35,38). The Labute approximate surface area is 219 Å². The third kappa shape index (κ3) is 6.07. The van der Waals surface area contributed by atoms with Crippen molar-refractivity contribution in [3.8, 4) is 11.3 Å². The van der Waals surface area contributed by atoms with Crippen LogP contribution in [-0.2, 0) is 12.6 Å². The minimum absolute atomic E-state index is 0.226. The number of aromatic amines is 1. The maximum Gasteiger partial charge on any atom is 0.418 e. The monoisotopic (exact) mass is 518 g/mol. The highest BCUT2D eigenvalue weighted by Gasteiger charge is 2.37. The number of nitrogens with zero attached hydrogens (tertiary/aromatic N) is 2. The van der Waals surface area contributed by atoms with Gasteiger partial charge in [-0.2, -0.15) is 13.2 Å². The molecular formula is C30H29F3N4O. The van der Waals surface area contributed by atoms with E-state index in [9.17, 15) is 18.0 Å². The van der Waals surface area contributed by atoms with Crippen LogP contribution in [0.5, 0.6) is 0 Å². The number of pyridine rings is 1. The number of hydrogen-bond donors (Lipinski definition) is 2. The van der Waals surface area contributed by atoms with Crippen molar-refractivity contribution in [1.29, 1.82) is 0 Å². The van der Waals surface area contributed by atoms with Crippen LogP contribution in [0.1, 0.15) is 40.9 Å². The Morgan fingerprint density at radius 2 is 1.66 bits per heavy atom. The van der Waals surface area contributed by atoms with Gasteiger partial charge in [-0.05, 0) is 60.9 Å². The van der Waals surface area contributed by atoms with E-state index in [1.54, 1.807) is 42.5 Å². The summed E-state index contributed by atoms with van der Waals surface area (Å²) in [5.41, 5.74) is 0.954. The number of H-pyrrole nitrogens is 1. The van der Waals surface area contributed by atoms with Crippen molar-refractivity contribution in [3.63, 3.8) is 0 Å². The van der Waals surface area contributed by atoms with Gasteiger partial charge in [0.2, 0.25) is 0 Å². The molecular weight excluding hydrogens is 489 g/mol. The fraction of sp³-hybridized carbons (Fsp3) is 0.267. The number of nitrogens with one attached hydrogen (secondary N) is 2. The first-order valence-electron chi connectivity index (χ1n) is 12.8. The Bertz CT molecular complexity index is 1340. The topological polar surface area (TPSA) is 61.0 Å². The van der Waals surface area contributed by atoms with E-state index in [4.69, 9.17) is 0 Å². The first kappa shape index (κ1) is 25.6. The Morgan fingerprint density at radius 3 is 2.29 bits per heavy atom. The van der Waals surface area contributed by atoms with Crippen LogP contribution in [0, 0.1) is 5.92 Å². The lowest BCUT2D eigenvalue weighted by atomic mass is 9.90. The molecule has 0 bridgehead atoms. The van der Waals surface area contributed by atoms with Crippen molar-refractivity contribution < 1.29 is 18.0 Å². The van der Waals surface area contributed by atoms with Crippen LogP contribution < -0.4 is 10.2 Å². The van der Waals surface area contributed by atoms with Crippen molar-refractivity contribution in [3.05, 3.63) is 102 Å². The molecule has 1 aliphatic rings. The van der Waals surface area contributed by atoms with Gasteiger partial charge in [-0.1, -0.05) is 60.7 Å². The van der Waals surface area contributed by atoms with E-state index in [1.807, 2.05) is 6.07 Å². The molecule has 2 aromatic carbocycles. The van der Waals surface area contributed by atoms with Gasteiger partial charge in [0.05, 0.1) is 17.4 Å². The van der Waals surface area contributed by atoms with Crippen molar-refractivity contribution >= 4 is 17.4 Å². The maximum absolute atomic E-state index is 13.7. The molecule has 0 atom stereocenters. The average molecular weight is 519 g/mol. The molecule has 2 aromatic heterocycles. The van der Waals surface area contributed by atoms with Gasteiger partial charge >= 0.3 is 6.18 Å². The third-order valence-corrected chi connectivity index (χ3v) is 7.06. The largest absolute Gasteiger partial charge is 0.418 e. The first-order chi connectivity index (χ1) is 18.4. The number of rotatable bonds is 7. The molecule has 2 N–H and O–H groups in total. The number of aromatic nitrogens is 2. The van der Waals surface area contributed by atoms with Crippen LogP contribution >= 0.6 is 0 Å². The van der Waals surface area contributed by atoms with Gasteiger partial charge < -0.3 is 15.2 Å². The summed E-state index contributed by atoms with van der Waals surface area (Å²) >= 11 is 0. The highest BCUT2D eigenvalue weighted by atomic mass is 19.4. The molecule has 0 saturated carbocycles. The maximum atomic E-state index is 13.7. The number of carbonyl (C=O) groups is 1. The molecule has 0 aliphatic carbocycles. The Hall–Kier alpha value is -4.07. The van der Waals surface area contributed by atoms with Crippen molar-refractivity contribution in [2.75, 3.05) is 23.3 Å². The molecule has 0 spiro atoms. The smallest absolute Gasteiger partial charge is 0.357 e. The lowest BCUT2D eigenvalue weighted by Gasteiger charge is -2.33.